The van der Waals surface area contributed by atoms with Crippen molar-refractivity contribution in [1.82, 2.24) is 5.48 Å². The molecule has 13 heavy (non-hydrogen) atoms. The molecule has 0 radical (unpaired) electrons. The van der Waals surface area contributed by atoms with Gasteiger partial charge in [0, 0.05) is 13.0 Å². The third-order valence-corrected chi connectivity index (χ3v) is 1.69. The van der Waals surface area contributed by atoms with Crippen LogP contribution in [0.1, 0.15) is 26.2 Å². The highest BCUT2D eigenvalue weighted by molar-refractivity contribution is 5.65. The van der Waals surface area contributed by atoms with Crippen molar-refractivity contribution < 1.29 is 19.1 Å². The molecule has 0 bridgehead atoms. The zero-order valence-corrected chi connectivity index (χ0v) is 7.75. The molecule has 5 heteroatoms. The lowest BCUT2D eigenvalue weighted by Crippen LogP contribution is -2.33. The van der Waals surface area contributed by atoms with E-state index in [4.69, 9.17) is 9.57 Å². The monoisotopic (exact) mass is 189 g/mol. The van der Waals surface area contributed by atoms with Crippen LogP contribution in [0.15, 0.2) is 0 Å². The zero-order valence-electron chi connectivity index (χ0n) is 7.75. The molecule has 5 nitrogen and oxygen atoms in total. The van der Waals surface area contributed by atoms with E-state index in [1.165, 1.54) is 0 Å². The maximum Gasteiger partial charge on any atom is 0.431 e. The molecule has 1 N–H and O–H groups in total. The molecule has 1 unspecified atom stereocenters. The highest BCUT2D eigenvalue weighted by Gasteiger charge is 2.15. The van der Waals surface area contributed by atoms with Crippen LogP contribution in [0, 0.1) is 0 Å². The molecule has 1 aliphatic heterocycles. The molecule has 0 spiro atoms. The van der Waals surface area contributed by atoms with Gasteiger partial charge in [-0.1, -0.05) is 0 Å². The lowest BCUT2D eigenvalue weighted by Gasteiger charge is -2.21. The molecule has 1 aliphatic rings. The molecule has 1 fully saturated rings. The number of hydrogen-bond donors (Lipinski definition) is 1. The molecule has 1 atom stereocenters. The van der Waals surface area contributed by atoms with E-state index in [1.807, 2.05) is 0 Å². The summed E-state index contributed by atoms with van der Waals surface area (Å²) in [5.74, 6) is 0. The second kappa shape index (κ2) is 5.77. The summed E-state index contributed by atoms with van der Waals surface area (Å²) in [4.78, 5) is 15.7. The Kier molecular flexibility index (Phi) is 4.56. The summed E-state index contributed by atoms with van der Waals surface area (Å²) < 4.78 is 9.82. The van der Waals surface area contributed by atoms with Gasteiger partial charge in [0.25, 0.3) is 0 Å². The van der Waals surface area contributed by atoms with Crippen LogP contribution in [0.2, 0.25) is 0 Å². The summed E-state index contributed by atoms with van der Waals surface area (Å²) in [5, 5.41) is 0. The number of carbonyl (C=O) groups excluding carboxylic acids is 1. The molecule has 76 valence electrons. The van der Waals surface area contributed by atoms with Crippen LogP contribution < -0.4 is 5.48 Å². The van der Waals surface area contributed by atoms with Crippen LogP contribution in [0.5, 0.6) is 0 Å². The third-order valence-electron chi connectivity index (χ3n) is 1.69. The SMILES string of the molecule is CCOC(=O)NOC1CCCCO1. The van der Waals surface area contributed by atoms with Gasteiger partial charge in [0.1, 0.15) is 0 Å². The Hall–Kier alpha value is -0.810. The number of amides is 1. The van der Waals surface area contributed by atoms with Gasteiger partial charge >= 0.3 is 6.09 Å². The normalized spacial score (nSPS) is 22.4. The lowest BCUT2D eigenvalue weighted by molar-refractivity contribution is -0.189. The molecular weight excluding hydrogens is 174 g/mol. The predicted molar refractivity (Wildman–Crippen MR) is 44.8 cm³/mol. The largest absolute Gasteiger partial charge is 0.448 e. The first-order valence-corrected chi connectivity index (χ1v) is 4.53. The predicted octanol–water partition coefficient (Wildman–Crippen LogP) is 1.19. The van der Waals surface area contributed by atoms with Crippen LogP contribution in [0.4, 0.5) is 4.79 Å². The number of ether oxygens (including phenoxy) is 2. The molecule has 0 saturated carbocycles. The number of hydroxylamine groups is 1. The van der Waals surface area contributed by atoms with Gasteiger partial charge in [-0.15, -0.1) is 0 Å². The van der Waals surface area contributed by atoms with E-state index in [0.29, 0.717) is 13.2 Å². The number of rotatable bonds is 3. The van der Waals surface area contributed by atoms with Crippen LogP contribution in [0.25, 0.3) is 0 Å². The first-order valence-electron chi connectivity index (χ1n) is 4.53. The Balaban J connectivity index is 2.06. The molecule has 1 rings (SSSR count). The fourth-order valence-electron chi connectivity index (χ4n) is 1.08. The first-order chi connectivity index (χ1) is 6.33. The van der Waals surface area contributed by atoms with Gasteiger partial charge in [0.05, 0.1) is 6.61 Å². The Bertz CT molecular complexity index is 156. The van der Waals surface area contributed by atoms with E-state index in [2.05, 4.69) is 10.2 Å². The van der Waals surface area contributed by atoms with E-state index in [1.54, 1.807) is 6.92 Å². The molecule has 0 aliphatic carbocycles. The van der Waals surface area contributed by atoms with Gasteiger partial charge in [-0.3, -0.25) is 0 Å². The summed E-state index contributed by atoms with van der Waals surface area (Å²) in [6, 6.07) is 0. The maximum atomic E-state index is 10.8. The minimum absolute atomic E-state index is 0.321. The van der Waals surface area contributed by atoms with Crippen LogP contribution >= 0.6 is 0 Å². The van der Waals surface area contributed by atoms with Crippen molar-refractivity contribution in [2.75, 3.05) is 13.2 Å². The van der Waals surface area contributed by atoms with Gasteiger partial charge in [0.2, 0.25) is 0 Å². The van der Waals surface area contributed by atoms with E-state index < -0.39 is 6.09 Å². The second-order valence-corrected chi connectivity index (χ2v) is 2.74. The van der Waals surface area contributed by atoms with Crippen LogP contribution in [-0.4, -0.2) is 25.6 Å². The van der Waals surface area contributed by atoms with Crippen molar-refractivity contribution in [3.8, 4) is 0 Å². The van der Waals surface area contributed by atoms with Crippen molar-refractivity contribution in [3.63, 3.8) is 0 Å². The van der Waals surface area contributed by atoms with E-state index >= 15 is 0 Å². The number of hydrogen-bond acceptors (Lipinski definition) is 4. The van der Waals surface area contributed by atoms with Gasteiger partial charge in [0.15, 0.2) is 6.29 Å². The average Bonchev–Trinajstić information content (AvgIpc) is 2.17. The quantitative estimate of drug-likeness (QED) is 0.677. The molecule has 0 aromatic heterocycles. The number of nitrogens with one attached hydrogen (secondary N) is 1. The smallest absolute Gasteiger partial charge is 0.431 e. The van der Waals surface area contributed by atoms with Crippen molar-refractivity contribution in [3.05, 3.63) is 0 Å². The summed E-state index contributed by atoms with van der Waals surface area (Å²) in [6.45, 7) is 2.76. The third kappa shape index (κ3) is 4.10. The fourth-order valence-corrected chi connectivity index (χ4v) is 1.08. The van der Waals surface area contributed by atoms with Crippen LogP contribution in [-0.2, 0) is 14.3 Å². The summed E-state index contributed by atoms with van der Waals surface area (Å²) in [7, 11) is 0. The number of carbonyl (C=O) groups is 1. The summed E-state index contributed by atoms with van der Waals surface area (Å²) in [6.07, 6.45) is 2.04. The lowest BCUT2D eigenvalue weighted by atomic mass is 10.2. The van der Waals surface area contributed by atoms with Gasteiger partial charge < -0.3 is 9.47 Å². The Morgan fingerprint density at radius 2 is 2.46 bits per heavy atom. The maximum absolute atomic E-state index is 10.8. The first kappa shape index (κ1) is 10.3. The Morgan fingerprint density at radius 3 is 3.08 bits per heavy atom. The minimum Gasteiger partial charge on any atom is -0.448 e. The average molecular weight is 189 g/mol. The highest BCUT2D eigenvalue weighted by Crippen LogP contribution is 2.12. The summed E-state index contributed by atoms with van der Waals surface area (Å²) in [5.41, 5.74) is 2.17. The van der Waals surface area contributed by atoms with Gasteiger partial charge in [-0.25, -0.2) is 9.63 Å². The van der Waals surface area contributed by atoms with E-state index in [0.717, 1.165) is 19.3 Å². The standard InChI is InChI=1S/C8H15NO4/c1-2-11-8(10)9-13-7-5-3-4-6-12-7/h7H,2-6H2,1H3,(H,9,10). The van der Waals surface area contributed by atoms with Crippen molar-refractivity contribution in [2.24, 2.45) is 0 Å². The Labute approximate surface area is 77.3 Å². The van der Waals surface area contributed by atoms with Gasteiger partial charge in [-0.2, -0.15) is 5.48 Å². The Morgan fingerprint density at radius 1 is 1.62 bits per heavy atom. The van der Waals surface area contributed by atoms with Crippen LogP contribution in [0.3, 0.4) is 0 Å². The summed E-state index contributed by atoms with van der Waals surface area (Å²) >= 11 is 0. The van der Waals surface area contributed by atoms with Crippen molar-refractivity contribution in [1.29, 1.82) is 0 Å². The van der Waals surface area contributed by atoms with E-state index in [9.17, 15) is 4.79 Å². The van der Waals surface area contributed by atoms with E-state index in [-0.39, 0.29) is 6.29 Å². The zero-order chi connectivity index (χ0) is 9.52. The molecular formula is C8H15NO4. The molecule has 1 amide bonds. The van der Waals surface area contributed by atoms with Crippen molar-refractivity contribution in [2.45, 2.75) is 32.5 Å². The van der Waals surface area contributed by atoms with Gasteiger partial charge in [-0.05, 0) is 19.8 Å². The molecule has 0 aromatic rings. The highest BCUT2D eigenvalue weighted by atomic mass is 16.8. The van der Waals surface area contributed by atoms with Crippen molar-refractivity contribution >= 4 is 6.09 Å². The second-order valence-electron chi connectivity index (χ2n) is 2.74. The molecule has 1 heterocycles. The molecule has 0 aromatic carbocycles. The topological polar surface area (TPSA) is 56.8 Å². The molecule has 1 saturated heterocycles. The fraction of sp³-hybridized carbons (Fsp3) is 0.875. The minimum atomic E-state index is -0.573.